The highest BCUT2D eigenvalue weighted by atomic mass is 16.4. The molecule has 0 atom stereocenters. The molecular weight excluding hydrogens is 222 g/mol. The van der Waals surface area contributed by atoms with Gasteiger partial charge in [0.2, 0.25) is 0 Å². The molecule has 0 aliphatic rings. The third-order valence-electron chi connectivity index (χ3n) is 1.46. The van der Waals surface area contributed by atoms with Gasteiger partial charge >= 0.3 is 11.9 Å². The summed E-state index contributed by atoms with van der Waals surface area (Å²) in [6.45, 7) is 0. The summed E-state index contributed by atoms with van der Waals surface area (Å²) in [5.41, 5.74) is 6.32. The number of aliphatic carboxylic acids is 2. The van der Waals surface area contributed by atoms with Crippen molar-refractivity contribution < 1.29 is 19.8 Å². The first kappa shape index (κ1) is 14.4. The molecule has 17 heavy (non-hydrogen) atoms. The fourth-order valence-electron chi connectivity index (χ4n) is 0.818. The number of carboxylic acid groups (broad SMARTS) is 2. The minimum atomic E-state index is -1.26. The quantitative estimate of drug-likeness (QED) is 0.686. The third kappa shape index (κ3) is 9.74. The molecule has 0 saturated heterocycles. The predicted molar refractivity (Wildman–Crippen MR) is 64.1 cm³/mol. The number of hydrogen-bond acceptors (Lipinski definition) is 3. The topological polar surface area (TPSA) is 101 Å². The molecule has 0 aliphatic carbocycles. The number of rotatable bonds is 3. The Labute approximate surface area is 98.5 Å². The molecule has 90 valence electrons. The molecule has 0 spiro atoms. The number of hydrogen-bond donors (Lipinski definition) is 3. The van der Waals surface area contributed by atoms with Gasteiger partial charge in [0.25, 0.3) is 0 Å². The molecular formula is C12H13NO4. The van der Waals surface area contributed by atoms with Crippen molar-refractivity contribution in [3.8, 4) is 0 Å². The van der Waals surface area contributed by atoms with Gasteiger partial charge in [-0.05, 0) is 17.8 Å². The van der Waals surface area contributed by atoms with Crippen molar-refractivity contribution in [3.05, 3.63) is 54.2 Å². The highest BCUT2D eigenvalue weighted by Gasteiger charge is 1.88. The Kier molecular flexibility index (Phi) is 7.41. The molecule has 0 unspecified atom stereocenters. The summed E-state index contributed by atoms with van der Waals surface area (Å²) >= 11 is 0. The molecule has 1 rings (SSSR count). The van der Waals surface area contributed by atoms with Crippen LogP contribution in [0.1, 0.15) is 5.56 Å². The Morgan fingerprint density at radius 1 is 1.00 bits per heavy atom. The highest BCUT2D eigenvalue weighted by molar-refractivity contribution is 5.89. The maximum atomic E-state index is 9.55. The fourth-order valence-corrected chi connectivity index (χ4v) is 0.818. The maximum absolute atomic E-state index is 9.55. The molecule has 5 heteroatoms. The molecule has 0 amide bonds. The standard InChI is InChI=1S/C8H9N.C4H4O4/c9-7-6-8-4-2-1-3-5-8;5-3(6)1-2-4(7)8/h1-7H,9H2;1-2H,(H,5,6)(H,7,8)/b;2-1-. The van der Waals surface area contributed by atoms with Crippen LogP contribution in [0.4, 0.5) is 0 Å². The highest BCUT2D eigenvalue weighted by Crippen LogP contribution is 1.98. The van der Waals surface area contributed by atoms with Crippen LogP contribution >= 0.6 is 0 Å². The van der Waals surface area contributed by atoms with Gasteiger partial charge in [-0.25, -0.2) is 9.59 Å². The van der Waals surface area contributed by atoms with E-state index in [0.717, 1.165) is 5.56 Å². The van der Waals surface area contributed by atoms with Crippen LogP contribution in [-0.4, -0.2) is 22.2 Å². The summed E-state index contributed by atoms with van der Waals surface area (Å²) in [5.74, 6) is -2.51. The zero-order valence-corrected chi connectivity index (χ0v) is 8.98. The van der Waals surface area contributed by atoms with Crippen LogP contribution in [0.15, 0.2) is 48.7 Å². The second-order valence-corrected chi connectivity index (χ2v) is 2.78. The molecule has 1 aromatic rings. The normalized spacial score (nSPS) is 9.88. The molecule has 0 heterocycles. The van der Waals surface area contributed by atoms with E-state index in [1.165, 1.54) is 6.20 Å². The van der Waals surface area contributed by atoms with Crippen LogP contribution in [-0.2, 0) is 9.59 Å². The van der Waals surface area contributed by atoms with Crippen molar-refractivity contribution in [1.82, 2.24) is 0 Å². The van der Waals surface area contributed by atoms with E-state index in [2.05, 4.69) is 0 Å². The molecule has 0 aliphatic heterocycles. The minimum Gasteiger partial charge on any atom is -0.478 e. The molecule has 0 saturated carbocycles. The van der Waals surface area contributed by atoms with Crippen LogP contribution in [0.2, 0.25) is 0 Å². The van der Waals surface area contributed by atoms with Gasteiger partial charge in [-0.15, -0.1) is 0 Å². The van der Waals surface area contributed by atoms with E-state index in [1.54, 1.807) is 0 Å². The number of carbonyl (C=O) groups is 2. The van der Waals surface area contributed by atoms with Gasteiger partial charge in [-0.3, -0.25) is 0 Å². The smallest absolute Gasteiger partial charge is 0.328 e. The lowest BCUT2D eigenvalue weighted by Gasteiger charge is -1.86. The lowest BCUT2D eigenvalue weighted by molar-refractivity contribution is -0.134. The first-order valence-electron chi connectivity index (χ1n) is 4.63. The molecule has 0 bridgehead atoms. The number of nitrogens with two attached hydrogens (primary N) is 1. The van der Waals surface area contributed by atoms with E-state index in [-0.39, 0.29) is 0 Å². The van der Waals surface area contributed by atoms with Crippen molar-refractivity contribution in [1.29, 1.82) is 0 Å². The summed E-state index contributed by atoms with van der Waals surface area (Å²) in [4.78, 5) is 19.1. The fraction of sp³-hybridized carbons (Fsp3) is 0. The Balaban J connectivity index is 0.000000304. The zero-order chi connectivity index (χ0) is 13.1. The third-order valence-corrected chi connectivity index (χ3v) is 1.46. The first-order chi connectivity index (χ1) is 8.06. The summed E-state index contributed by atoms with van der Waals surface area (Å²) in [5, 5.41) is 15.6. The van der Waals surface area contributed by atoms with Crippen LogP contribution in [0.5, 0.6) is 0 Å². The van der Waals surface area contributed by atoms with Crippen molar-refractivity contribution in [2.75, 3.05) is 0 Å². The maximum Gasteiger partial charge on any atom is 0.328 e. The van der Waals surface area contributed by atoms with Gasteiger partial charge in [0.1, 0.15) is 0 Å². The van der Waals surface area contributed by atoms with E-state index in [1.807, 2.05) is 36.4 Å². The van der Waals surface area contributed by atoms with Gasteiger partial charge in [0, 0.05) is 12.2 Å². The van der Waals surface area contributed by atoms with E-state index in [4.69, 9.17) is 15.9 Å². The van der Waals surface area contributed by atoms with E-state index >= 15 is 0 Å². The van der Waals surface area contributed by atoms with Gasteiger partial charge < -0.3 is 15.9 Å². The Hall–Kier alpha value is -2.56. The van der Waals surface area contributed by atoms with Gasteiger partial charge in [0.05, 0.1) is 0 Å². The Bertz CT molecular complexity index is 394. The summed E-state index contributed by atoms with van der Waals surface area (Å²) in [6, 6.07) is 9.95. The monoisotopic (exact) mass is 235 g/mol. The van der Waals surface area contributed by atoms with E-state index in [9.17, 15) is 9.59 Å². The van der Waals surface area contributed by atoms with Crippen LogP contribution < -0.4 is 5.73 Å². The van der Waals surface area contributed by atoms with Crippen molar-refractivity contribution >= 4 is 18.0 Å². The van der Waals surface area contributed by atoms with Crippen molar-refractivity contribution in [2.24, 2.45) is 5.73 Å². The van der Waals surface area contributed by atoms with Crippen LogP contribution in [0, 0.1) is 0 Å². The van der Waals surface area contributed by atoms with Gasteiger partial charge in [0.15, 0.2) is 0 Å². The first-order valence-corrected chi connectivity index (χ1v) is 4.63. The van der Waals surface area contributed by atoms with Crippen molar-refractivity contribution in [2.45, 2.75) is 0 Å². The van der Waals surface area contributed by atoms with Crippen LogP contribution in [0.3, 0.4) is 0 Å². The summed E-state index contributed by atoms with van der Waals surface area (Å²) in [6.07, 6.45) is 4.51. The van der Waals surface area contributed by atoms with Crippen molar-refractivity contribution in [3.63, 3.8) is 0 Å². The Morgan fingerprint density at radius 2 is 1.47 bits per heavy atom. The van der Waals surface area contributed by atoms with E-state index in [0.29, 0.717) is 12.2 Å². The number of benzene rings is 1. The summed E-state index contributed by atoms with van der Waals surface area (Å²) < 4.78 is 0. The number of carboxylic acids is 2. The van der Waals surface area contributed by atoms with Gasteiger partial charge in [-0.2, -0.15) is 0 Å². The molecule has 5 nitrogen and oxygen atoms in total. The zero-order valence-electron chi connectivity index (χ0n) is 8.98. The SMILES string of the molecule is NC=Cc1ccccc1.O=C(O)/C=C\C(=O)O. The molecule has 0 fully saturated rings. The predicted octanol–water partition coefficient (Wildman–Crippen LogP) is 1.33. The van der Waals surface area contributed by atoms with Crippen LogP contribution in [0.25, 0.3) is 6.08 Å². The molecule has 0 aromatic heterocycles. The second kappa shape index (κ2) is 8.72. The summed E-state index contributed by atoms with van der Waals surface area (Å²) in [7, 11) is 0. The largest absolute Gasteiger partial charge is 0.478 e. The molecule has 0 radical (unpaired) electrons. The average Bonchev–Trinajstić information content (AvgIpc) is 2.29. The average molecular weight is 235 g/mol. The Morgan fingerprint density at radius 3 is 1.82 bits per heavy atom. The lowest BCUT2D eigenvalue weighted by atomic mass is 10.2. The van der Waals surface area contributed by atoms with E-state index < -0.39 is 11.9 Å². The molecule has 1 aromatic carbocycles. The minimum absolute atomic E-state index is 0.558. The second-order valence-electron chi connectivity index (χ2n) is 2.78. The van der Waals surface area contributed by atoms with Gasteiger partial charge in [-0.1, -0.05) is 30.3 Å². The molecule has 4 N–H and O–H groups in total. The lowest BCUT2D eigenvalue weighted by Crippen LogP contribution is -1.91.